The highest BCUT2D eigenvalue weighted by atomic mass is 32.1. The van der Waals surface area contributed by atoms with Crippen LogP contribution in [-0.4, -0.2) is 40.8 Å². The van der Waals surface area contributed by atoms with E-state index in [2.05, 4.69) is 59.4 Å². The summed E-state index contributed by atoms with van der Waals surface area (Å²) in [5.41, 5.74) is 1.19. The van der Waals surface area contributed by atoms with Gasteiger partial charge in [-0.15, -0.1) is 0 Å². The molecule has 2 fully saturated rings. The first kappa shape index (κ1) is 22.8. The van der Waals surface area contributed by atoms with E-state index in [-0.39, 0.29) is 6.04 Å². The third kappa shape index (κ3) is 5.68. The molecule has 2 N–H and O–H groups in total. The van der Waals surface area contributed by atoms with Gasteiger partial charge < -0.3 is 20.4 Å². The van der Waals surface area contributed by atoms with E-state index in [4.69, 9.17) is 22.2 Å². The number of benzene rings is 1. The summed E-state index contributed by atoms with van der Waals surface area (Å²) in [6, 6.07) is 13.1. The van der Waals surface area contributed by atoms with Crippen LogP contribution in [0.3, 0.4) is 0 Å². The Morgan fingerprint density at radius 1 is 1.03 bits per heavy atom. The molecule has 0 bridgehead atoms. The zero-order chi connectivity index (χ0) is 22.5. The Bertz CT molecular complexity index is 905. The van der Waals surface area contributed by atoms with Gasteiger partial charge in [0.25, 0.3) is 0 Å². The number of aromatic nitrogens is 2. The molecule has 1 aromatic carbocycles. The number of hydrogen-bond donors (Lipinski definition) is 2. The number of thiocarbonyl (C=S) groups is 1. The van der Waals surface area contributed by atoms with Crippen LogP contribution in [0.4, 0.5) is 17.6 Å². The topological polar surface area (TPSA) is 56.3 Å². The number of piperidine rings is 2. The van der Waals surface area contributed by atoms with Crippen LogP contribution in [0.2, 0.25) is 0 Å². The third-order valence-corrected chi connectivity index (χ3v) is 6.87. The largest absolute Gasteiger partial charge is 0.356 e. The summed E-state index contributed by atoms with van der Waals surface area (Å²) in [6.45, 7) is 9.86. The van der Waals surface area contributed by atoms with Crippen LogP contribution in [0, 0.1) is 5.92 Å². The molecule has 32 heavy (non-hydrogen) atoms. The Morgan fingerprint density at radius 3 is 2.56 bits per heavy atom. The molecule has 2 aliphatic rings. The number of nitrogens with one attached hydrogen (secondary N) is 2. The van der Waals surface area contributed by atoms with Crippen molar-refractivity contribution >= 4 is 34.9 Å². The fraction of sp³-hybridized carbons (Fsp3) is 0.560. The van der Waals surface area contributed by atoms with E-state index in [0.29, 0.717) is 23.0 Å². The molecule has 2 aliphatic heterocycles. The molecule has 0 saturated carbocycles. The van der Waals surface area contributed by atoms with Gasteiger partial charge >= 0.3 is 0 Å². The summed E-state index contributed by atoms with van der Waals surface area (Å²) >= 11 is 5.62. The lowest BCUT2D eigenvalue weighted by Gasteiger charge is -2.36. The number of rotatable bonds is 5. The van der Waals surface area contributed by atoms with Crippen LogP contribution >= 0.6 is 12.2 Å². The first-order valence-electron chi connectivity index (χ1n) is 12.0. The Labute approximate surface area is 197 Å². The standard InChI is InChI=1S/C25H36N6S/c1-18-10-9-14-30(17-18)22-16-23(31-15-8-7-11-19(31)2)28-24(27-22)29-25(32)26-20(3)21-12-5-4-6-13-21/h4-6,12-13,16,18-20H,7-11,14-15,17H2,1-3H3,(H2,26,27,28,29,32)/t18-,19+,20+/m1/s1. The van der Waals surface area contributed by atoms with Gasteiger partial charge in [0, 0.05) is 31.7 Å². The summed E-state index contributed by atoms with van der Waals surface area (Å²) in [7, 11) is 0. The van der Waals surface area contributed by atoms with Crippen molar-refractivity contribution in [3.8, 4) is 0 Å². The molecule has 7 heteroatoms. The third-order valence-electron chi connectivity index (χ3n) is 6.65. The molecule has 172 valence electrons. The average molecular weight is 453 g/mol. The van der Waals surface area contributed by atoms with Gasteiger partial charge in [-0.3, -0.25) is 0 Å². The molecule has 0 unspecified atom stereocenters. The summed E-state index contributed by atoms with van der Waals surface area (Å²) in [5, 5.41) is 7.19. The summed E-state index contributed by atoms with van der Waals surface area (Å²) < 4.78 is 0. The molecule has 6 nitrogen and oxygen atoms in total. The Kier molecular flexibility index (Phi) is 7.45. The molecule has 4 rings (SSSR count). The van der Waals surface area contributed by atoms with Gasteiger partial charge in [-0.1, -0.05) is 37.3 Å². The van der Waals surface area contributed by atoms with Crippen molar-refractivity contribution < 1.29 is 0 Å². The van der Waals surface area contributed by atoms with Crippen LogP contribution in [0.25, 0.3) is 0 Å². The van der Waals surface area contributed by atoms with Crippen LogP contribution < -0.4 is 20.4 Å². The minimum atomic E-state index is 0.101. The second-order valence-electron chi connectivity index (χ2n) is 9.37. The molecular weight excluding hydrogens is 416 g/mol. The summed E-state index contributed by atoms with van der Waals surface area (Å²) in [5.74, 6) is 3.26. The second-order valence-corrected chi connectivity index (χ2v) is 9.78. The van der Waals surface area contributed by atoms with Crippen molar-refractivity contribution in [3.63, 3.8) is 0 Å². The molecule has 2 aromatic rings. The zero-order valence-corrected chi connectivity index (χ0v) is 20.4. The van der Waals surface area contributed by atoms with Crippen molar-refractivity contribution in [3.05, 3.63) is 42.0 Å². The van der Waals surface area contributed by atoms with Crippen LogP contribution in [0.15, 0.2) is 36.4 Å². The van der Waals surface area contributed by atoms with Crippen molar-refractivity contribution in [2.24, 2.45) is 5.92 Å². The van der Waals surface area contributed by atoms with Gasteiger partial charge in [-0.25, -0.2) is 0 Å². The molecule has 0 aliphatic carbocycles. The van der Waals surface area contributed by atoms with Gasteiger partial charge in [-0.2, -0.15) is 9.97 Å². The smallest absolute Gasteiger partial charge is 0.232 e. The molecule has 3 atom stereocenters. The average Bonchev–Trinajstić information content (AvgIpc) is 2.79. The van der Waals surface area contributed by atoms with Crippen molar-refractivity contribution in [1.29, 1.82) is 0 Å². The minimum Gasteiger partial charge on any atom is -0.356 e. The van der Waals surface area contributed by atoms with Crippen LogP contribution in [-0.2, 0) is 0 Å². The molecular formula is C25H36N6S. The number of anilines is 3. The van der Waals surface area contributed by atoms with E-state index in [0.717, 1.165) is 31.3 Å². The zero-order valence-electron chi connectivity index (χ0n) is 19.6. The second kappa shape index (κ2) is 10.5. The summed E-state index contributed by atoms with van der Waals surface area (Å²) in [6.07, 6.45) is 6.20. The normalized spacial score (nSPS) is 22.3. The SMILES string of the molecule is C[C@@H]1CCCN(c2cc(N3CCCC[C@@H]3C)nc(NC(=S)N[C@@H](C)c3ccccc3)n2)C1. The molecule has 0 amide bonds. The van der Waals surface area contributed by atoms with E-state index < -0.39 is 0 Å². The molecule has 0 radical (unpaired) electrons. The lowest BCUT2D eigenvalue weighted by atomic mass is 10.0. The highest BCUT2D eigenvalue weighted by Crippen LogP contribution is 2.29. The van der Waals surface area contributed by atoms with E-state index in [9.17, 15) is 0 Å². The maximum atomic E-state index is 5.62. The van der Waals surface area contributed by atoms with Gasteiger partial charge in [0.15, 0.2) is 5.11 Å². The van der Waals surface area contributed by atoms with Crippen molar-refractivity contribution in [1.82, 2.24) is 15.3 Å². The summed E-state index contributed by atoms with van der Waals surface area (Å²) in [4.78, 5) is 14.6. The van der Waals surface area contributed by atoms with E-state index in [1.54, 1.807) is 0 Å². The maximum absolute atomic E-state index is 5.62. The maximum Gasteiger partial charge on any atom is 0.232 e. The minimum absolute atomic E-state index is 0.101. The van der Waals surface area contributed by atoms with Gasteiger partial charge in [0.2, 0.25) is 5.95 Å². The fourth-order valence-corrected chi connectivity index (χ4v) is 5.05. The molecule has 2 saturated heterocycles. The highest BCUT2D eigenvalue weighted by molar-refractivity contribution is 7.80. The van der Waals surface area contributed by atoms with Gasteiger partial charge in [-0.05, 0) is 69.7 Å². The monoisotopic (exact) mass is 452 g/mol. The Morgan fingerprint density at radius 2 is 1.81 bits per heavy atom. The first-order valence-corrected chi connectivity index (χ1v) is 12.4. The van der Waals surface area contributed by atoms with E-state index in [1.165, 1.54) is 37.7 Å². The molecule has 0 spiro atoms. The predicted molar refractivity (Wildman–Crippen MR) is 138 cm³/mol. The number of nitrogens with zero attached hydrogens (tertiary/aromatic N) is 4. The molecule has 3 heterocycles. The van der Waals surface area contributed by atoms with Gasteiger partial charge in [0.1, 0.15) is 11.6 Å². The van der Waals surface area contributed by atoms with Crippen molar-refractivity contribution in [2.45, 2.75) is 65.0 Å². The Balaban J connectivity index is 1.55. The highest BCUT2D eigenvalue weighted by Gasteiger charge is 2.24. The lowest BCUT2D eigenvalue weighted by Crippen LogP contribution is -2.39. The van der Waals surface area contributed by atoms with Crippen LogP contribution in [0.5, 0.6) is 0 Å². The quantitative estimate of drug-likeness (QED) is 0.609. The predicted octanol–water partition coefficient (Wildman–Crippen LogP) is 5.14. The van der Waals surface area contributed by atoms with E-state index in [1.807, 2.05) is 18.2 Å². The Hall–Kier alpha value is -2.41. The molecule has 1 aromatic heterocycles. The van der Waals surface area contributed by atoms with Gasteiger partial charge in [0.05, 0.1) is 6.04 Å². The number of hydrogen-bond acceptors (Lipinski definition) is 5. The van der Waals surface area contributed by atoms with Crippen LogP contribution in [0.1, 0.15) is 64.5 Å². The lowest BCUT2D eigenvalue weighted by molar-refractivity contribution is 0.444. The van der Waals surface area contributed by atoms with E-state index >= 15 is 0 Å². The van der Waals surface area contributed by atoms with Crippen molar-refractivity contribution in [2.75, 3.05) is 34.8 Å². The first-order chi connectivity index (χ1) is 15.5. The fourth-order valence-electron chi connectivity index (χ4n) is 4.78.